The molecular formula is C12H25N3O. The van der Waals surface area contributed by atoms with Crippen LogP contribution in [0.2, 0.25) is 0 Å². The molecule has 2 N–H and O–H groups in total. The Morgan fingerprint density at radius 3 is 2.94 bits per heavy atom. The van der Waals surface area contributed by atoms with Crippen molar-refractivity contribution in [2.24, 2.45) is 0 Å². The summed E-state index contributed by atoms with van der Waals surface area (Å²) in [6, 6.07) is 0. The molecule has 4 heteroatoms. The van der Waals surface area contributed by atoms with Gasteiger partial charge in [-0.15, -0.1) is 0 Å². The van der Waals surface area contributed by atoms with Crippen molar-refractivity contribution >= 4 is 5.91 Å². The van der Waals surface area contributed by atoms with Crippen LogP contribution in [0.15, 0.2) is 0 Å². The standard InChI is InChI=1S/C12H25N3O/c1-3-5-11-13-7-9-15(11)10-8-14-12(16)6-4-2/h11,13H,3-10H2,1-2H3,(H,14,16). The molecule has 0 spiro atoms. The van der Waals surface area contributed by atoms with E-state index in [2.05, 4.69) is 22.5 Å². The average Bonchev–Trinajstić information content (AvgIpc) is 2.67. The molecule has 0 aromatic rings. The Morgan fingerprint density at radius 1 is 1.44 bits per heavy atom. The maximum atomic E-state index is 11.3. The molecule has 94 valence electrons. The molecule has 16 heavy (non-hydrogen) atoms. The smallest absolute Gasteiger partial charge is 0.220 e. The van der Waals surface area contributed by atoms with E-state index >= 15 is 0 Å². The zero-order valence-corrected chi connectivity index (χ0v) is 10.6. The molecule has 1 fully saturated rings. The molecule has 1 amide bonds. The van der Waals surface area contributed by atoms with Gasteiger partial charge in [-0.05, 0) is 12.8 Å². The minimum Gasteiger partial charge on any atom is -0.355 e. The highest BCUT2D eigenvalue weighted by molar-refractivity contribution is 5.75. The lowest BCUT2D eigenvalue weighted by atomic mass is 10.2. The van der Waals surface area contributed by atoms with Crippen LogP contribution in [-0.2, 0) is 4.79 Å². The first-order valence-electron chi connectivity index (χ1n) is 6.52. The van der Waals surface area contributed by atoms with Crippen molar-refractivity contribution in [2.75, 3.05) is 26.2 Å². The summed E-state index contributed by atoms with van der Waals surface area (Å²) >= 11 is 0. The van der Waals surface area contributed by atoms with Crippen LogP contribution in [0.25, 0.3) is 0 Å². The summed E-state index contributed by atoms with van der Waals surface area (Å²) in [7, 11) is 0. The SMILES string of the molecule is CCCC(=O)NCCN1CCNC1CCC. The van der Waals surface area contributed by atoms with Crippen molar-refractivity contribution in [3.63, 3.8) is 0 Å². The number of carbonyl (C=O) groups is 1. The van der Waals surface area contributed by atoms with E-state index in [1.54, 1.807) is 0 Å². The van der Waals surface area contributed by atoms with Crippen LogP contribution in [0.3, 0.4) is 0 Å². The second-order valence-electron chi connectivity index (χ2n) is 4.39. The van der Waals surface area contributed by atoms with E-state index in [4.69, 9.17) is 0 Å². The van der Waals surface area contributed by atoms with E-state index in [0.717, 1.165) is 32.6 Å². The van der Waals surface area contributed by atoms with Gasteiger partial charge in [0.25, 0.3) is 0 Å². The van der Waals surface area contributed by atoms with Gasteiger partial charge in [0.1, 0.15) is 0 Å². The average molecular weight is 227 g/mol. The predicted molar refractivity (Wildman–Crippen MR) is 66.2 cm³/mol. The molecule has 4 nitrogen and oxygen atoms in total. The summed E-state index contributed by atoms with van der Waals surface area (Å²) in [5, 5.41) is 6.45. The van der Waals surface area contributed by atoms with Crippen LogP contribution in [-0.4, -0.2) is 43.2 Å². The molecule has 1 unspecified atom stereocenters. The quantitative estimate of drug-likeness (QED) is 0.680. The first-order chi connectivity index (χ1) is 7.77. The Hall–Kier alpha value is -0.610. The van der Waals surface area contributed by atoms with Crippen LogP contribution in [0, 0.1) is 0 Å². The van der Waals surface area contributed by atoms with Crippen LogP contribution in [0.1, 0.15) is 39.5 Å². The number of nitrogens with one attached hydrogen (secondary N) is 2. The zero-order chi connectivity index (χ0) is 11.8. The van der Waals surface area contributed by atoms with E-state index in [0.29, 0.717) is 12.6 Å². The van der Waals surface area contributed by atoms with E-state index in [1.807, 2.05) is 6.92 Å². The van der Waals surface area contributed by atoms with Gasteiger partial charge in [0.05, 0.1) is 6.17 Å². The molecule has 0 saturated carbocycles. The first kappa shape index (κ1) is 13.5. The van der Waals surface area contributed by atoms with Gasteiger partial charge >= 0.3 is 0 Å². The predicted octanol–water partition coefficient (Wildman–Crippen LogP) is 0.934. The van der Waals surface area contributed by atoms with Gasteiger partial charge in [-0.2, -0.15) is 0 Å². The molecule has 0 aromatic carbocycles. The third-order valence-corrected chi connectivity index (χ3v) is 2.98. The molecule has 1 aliphatic rings. The number of rotatable bonds is 7. The molecular weight excluding hydrogens is 202 g/mol. The largest absolute Gasteiger partial charge is 0.355 e. The van der Waals surface area contributed by atoms with Gasteiger partial charge in [-0.3, -0.25) is 9.69 Å². The lowest BCUT2D eigenvalue weighted by molar-refractivity contribution is -0.121. The molecule has 1 heterocycles. The summed E-state index contributed by atoms with van der Waals surface area (Å²) in [6.07, 6.45) is 4.50. The van der Waals surface area contributed by atoms with E-state index in [-0.39, 0.29) is 5.91 Å². The molecule has 0 bridgehead atoms. The normalized spacial score (nSPS) is 21.2. The lowest BCUT2D eigenvalue weighted by Crippen LogP contribution is -2.40. The Balaban J connectivity index is 2.14. The van der Waals surface area contributed by atoms with Crippen molar-refractivity contribution in [1.82, 2.24) is 15.5 Å². The molecule has 1 saturated heterocycles. The van der Waals surface area contributed by atoms with Gasteiger partial charge in [-0.1, -0.05) is 20.3 Å². The Bertz CT molecular complexity index is 208. The fraction of sp³-hybridized carbons (Fsp3) is 0.917. The molecule has 0 aliphatic carbocycles. The minimum absolute atomic E-state index is 0.182. The highest BCUT2D eigenvalue weighted by Gasteiger charge is 2.21. The second kappa shape index (κ2) is 7.63. The Morgan fingerprint density at radius 2 is 2.25 bits per heavy atom. The molecule has 1 aliphatic heterocycles. The molecule has 1 rings (SSSR count). The number of hydrogen-bond donors (Lipinski definition) is 2. The second-order valence-corrected chi connectivity index (χ2v) is 4.39. The first-order valence-corrected chi connectivity index (χ1v) is 6.52. The van der Waals surface area contributed by atoms with Crippen LogP contribution in [0.5, 0.6) is 0 Å². The fourth-order valence-electron chi connectivity index (χ4n) is 2.14. The van der Waals surface area contributed by atoms with Gasteiger partial charge < -0.3 is 10.6 Å². The van der Waals surface area contributed by atoms with Crippen molar-refractivity contribution in [1.29, 1.82) is 0 Å². The Labute approximate surface area is 98.8 Å². The fourth-order valence-corrected chi connectivity index (χ4v) is 2.14. The van der Waals surface area contributed by atoms with Crippen molar-refractivity contribution < 1.29 is 4.79 Å². The van der Waals surface area contributed by atoms with Crippen molar-refractivity contribution in [3.05, 3.63) is 0 Å². The number of nitrogens with zero attached hydrogens (tertiary/aromatic N) is 1. The highest BCUT2D eigenvalue weighted by Crippen LogP contribution is 2.07. The number of carbonyl (C=O) groups excluding carboxylic acids is 1. The maximum Gasteiger partial charge on any atom is 0.220 e. The van der Waals surface area contributed by atoms with Crippen LogP contribution in [0.4, 0.5) is 0 Å². The summed E-state index contributed by atoms with van der Waals surface area (Å²) in [6.45, 7) is 8.16. The zero-order valence-electron chi connectivity index (χ0n) is 10.6. The van der Waals surface area contributed by atoms with E-state index in [9.17, 15) is 4.79 Å². The van der Waals surface area contributed by atoms with Crippen molar-refractivity contribution in [3.8, 4) is 0 Å². The number of hydrogen-bond acceptors (Lipinski definition) is 3. The Kier molecular flexibility index (Phi) is 6.42. The number of amides is 1. The summed E-state index contributed by atoms with van der Waals surface area (Å²) in [5.41, 5.74) is 0. The van der Waals surface area contributed by atoms with Gasteiger partial charge in [0.15, 0.2) is 0 Å². The maximum absolute atomic E-state index is 11.3. The van der Waals surface area contributed by atoms with Crippen LogP contribution < -0.4 is 10.6 Å². The monoisotopic (exact) mass is 227 g/mol. The summed E-state index contributed by atoms with van der Waals surface area (Å²) in [5.74, 6) is 0.182. The summed E-state index contributed by atoms with van der Waals surface area (Å²) in [4.78, 5) is 13.7. The topological polar surface area (TPSA) is 44.4 Å². The van der Waals surface area contributed by atoms with E-state index in [1.165, 1.54) is 12.8 Å². The minimum atomic E-state index is 0.182. The third-order valence-electron chi connectivity index (χ3n) is 2.98. The third kappa shape index (κ3) is 4.49. The van der Waals surface area contributed by atoms with Crippen molar-refractivity contribution in [2.45, 2.75) is 45.7 Å². The molecule has 0 aromatic heterocycles. The van der Waals surface area contributed by atoms with E-state index < -0.39 is 0 Å². The van der Waals surface area contributed by atoms with Gasteiger partial charge in [0, 0.05) is 32.6 Å². The van der Waals surface area contributed by atoms with Gasteiger partial charge in [0.2, 0.25) is 5.91 Å². The summed E-state index contributed by atoms with van der Waals surface area (Å²) < 4.78 is 0. The van der Waals surface area contributed by atoms with Crippen LogP contribution >= 0.6 is 0 Å². The highest BCUT2D eigenvalue weighted by atomic mass is 16.1. The molecule has 1 atom stereocenters. The molecule has 0 radical (unpaired) electrons. The lowest BCUT2D eigenvalue weighted by Gasteiger charge is -2.23. The van der Waals surface area contributed by atoms with Gasteiger partial charge in [-0.25, -0.2) is 0 Å².